The summed E-state index contributed by atoms with van der Waals surface area (Å²) in [4.78, 5) is 14.1. The minimum atomic E-state index is 0.680. The van der Waals surface area contributed by atoms with Crippen molar-refractivity contribution in [3.05, 3.63) is 59.5 Å². The summed E-state index contributed by atoms with van der Waals surface area (Å²) in [6, 6.07) is 14.1. The highest BCUT2D eigenvalue weighted by atomic mass is 15.3. The van der Waals surface area contributed by atoms with Gasteiger partial charge in [0, 0.05) is 38.3 Å². The molecule has 0 saturated carbocycles. The predicted octanol–water partition coefficient (Wildman–Crippen LogP) is 3.17. The molecular formula is C21H25N7. The van der Waals surface area contributed by atoms with Crippen molar-refractivity contribution in [3.8, 4) is 0 Å². The molecule has 144 valence electrons. The lowest BCUT2D eigenvalue weighted by Crippen LogP contribution is -2.44. The van der Waals surface area contributed by atoms with Gasteiger partial charge in [0.1, 0.15) is 17.5 Å². The molecule has 1 aromatic carbocycles. The normalized spacial score (nSPS) is 15.3. The highest BCUT2D eigenvalue weighted by Gasteiger charge is 2.17. The molecule has 1 aliphatic rings. The van der Waals surface area contributed by atoms with E-state index >= 15 is 0 Å². The molecule has 0 aliphatic carbocycles. The molecule has 3 heterocycles. The highest BCUT2D eigenvalue weighted by molar-refractivity contribution is 5.69. The maximum atomic E-state index is 4.79. The van der Waals surface area contributed by atoms with Crippen molar-refractivity contribution in [3.63, 3.8) is 0 Å². The van der Waals surface area contributed by atoms with Crippen LogP contribution in [0.4, 0.5) is 17.5 Å². The Kier molecular flexibility index (Phi) is 5.34. The van der Waals surface area contributed by atoms with Crippen molar-refractivity contribution in [2.45, 2.75) is 6.92 Å². The molecule has 0 radical (unpaired) electrons. The maximum absolute atomic E-state index is 4.79. The molecule has 0 unspecified atom stereocenters. The Morgan fingerprint density at radius 1 is 1.00 bits per heavy atom. The molecule has 7 heteroatoms. The van der Waals surface area contributed by atoms with E-state index in [9.17, 15) is 0 Å². The van der Waals surface area contributed by atoms with Crippen LogP contribution in [0.15, 0.2) is 42.5 Å². The van der Waals surface area contributed by atoms with Gasteiger partial charge in [-0.15, -0.1) is 0 Å². The molecular weight excluding hydrogens is 350 g/mol. The Hall–Kier alpha value is -3.19. The van der Waals surface area contributed by atoms with Crippen LogP contribution in [0.3, 0.4) is 0 Å². The number of nitrogens with zero attached hydrogens (tertiary/aromatic N) is 5. The lowest BCUT2D eigenvalue weighted by molar-refractivity contribution is 0.312. The van der Waals surface area contributed by atoms with E-state index in [1.807, 2.05) is 49.4 Å². The number of aromatic amines is 1. The molecule has 0 bridgehead atoms. The zero-order valence-corrected chi connectivity index (χ0v) is 16.3. The summed E-state index contributed by atoms with van der Waals surface area (Å²) in [7, 11) is 2.15. The third-order valence-corrected chi connectivity index (χ3v) is 4.75. The number of anilines is 3. The van der Waals surface area contributed by atoms with Gasteiger partial charge in [0.05, 0.1) is 5.69 Å². The third-order valence-electron chi connectivity index (χ3n) is 4.75. The summed E-state index contributed by atoms with van der Waals surface area (Å²) >= 11 is 0. The molecule has 7 nitrogen and oxygen atoms in total. The van der Waals surface area contributed by atoms with Gasteiger partial charge in [0.25, 0.3) is 0 Å². The number of aryl methyl sites for hydroxylation is 1. The molecule has 1 saturated heterocycles. The number of rotatable bonds is 5. The van der Waals surface area contributed by atoms with Crippen LogP contribution in [-0.2, 0) is 0 Å². The van der Waals surface area contributed by atoms with Crippen molar-refractivity contribution >= 4 is 29.6 Å². The minimum absolute atomic E-state index is 0.680. The fourth-order valence-corrected chi connectivity index (χ4v) is 3.15. The fourth-order valence-electron chi connectivity index (χ4n) is 3.15. The molecule has 0 atom stereocenters. The predicted molar refractivity (Wildman–Crippen MR) is 114 cm³/mol. The second kappa shape index (κ2) is 8.22. The van der Waals surface area contributed by atoms with Gasteiger partial charge in [0.2, 0.25) is 0 Å². The van der Waals surface area contributed by atoms with E-state index in [4.69, 9.17) is 4.98 Å². The van der Waals surface area contributed by atoms with Crippen molar-refractivity contribution in [2.24, 2.45) is 0 Å². The largest absolute Gasteiger partial charge is 0.354 e. The summed E-state index contributed by atoms with van der Waals surface area (Å²) in [5.74, 6) is 3.19. The first-order chi connectivity index (χ1) is 13.7. The summed E-state index contributed by atoms with van der Waals surface area (Å²) in [6.45, 7) is 5.92. The topological polar surface area (TPSA) is 73.0 Å². The van der Waals surface area contributed by atoms with E-state index in [0.29, 0.717) is 5.82 Å². The third kappa shape index (κ3) is 4.55. The van der Waals surface area contributed by atoms with E-state index in [0.717, 1.165) is 54.9 Å². The van der Waals surface area contributed by atoms with Crippen LogP contribution < -0.4 is 10.2 Å². The summed E-state index contributed by atoms with van der Waals surface area (Å²) in [6.07, 6.45) is 3.99. The second-order valence-electron chi connectivity index (χ2n) is 7.05. The highest BCUT2D eigenvalue weighted by Crippen LogP contribution is 2.21. The molecule has 28 heavy (non-hydrogen) atoms. The lowest BCUT2D eigenvalue weighted by Gasteiger charge is -2.33. The summed E-state index contributed by atoms with van der Waals surface area (Å²) in [5, 5.41) is 10.5. The Balaban J connectivity index is 1.62. The minimum Gasteiger partial charge on any atom is -0.354 e. The van der Waals surface area contributed by atoms with Crippen LogP contribution in [0.1, 0.15) is 17.1 Å². The number of likely N-dealkylation sites (N-methyl/N-ethyl adjacent to an activating group) is 1. The Labute approximate surface area is 165 Å². The van der Waals surface area contributed by atoms with Crippen LogP contribution in [-0.4, -0.2) is 58.3 Å². The molecule has 0 amide bonds. The van der Waals surface area contributed by atoms with E-state index < -0.39 is 0 Å². The lowest BCUT2D eigenvalue weighted by atomic mass is 10.2. The van der Waals surface area contributed by atoms with Gasteiger partial charge < -0.3 is 15.1 Å². The quantitative estimate of drug-likeness (QED) is 0.714. The first-order valence-corrected chi connectivity index (χ1v) is 9.50. The standard InChI is InChI=1S/C21H25N7/c1-16-14-20(26-25-16)23-19-15-21(28-12-10-27(2)11-13-28)24-18(22-19)9-8-17-6-4-3-5-7-17/h3-9,14-15H,10-13H2,1-2H3,(H2,22,23,24,25,26)/b9-8-. The Morgan fingerprint density at radius 3 is 2.50 bits per heavy atom. The van der Waals surface area contributed by atoms with Gasteiger partial charge in [-0.2, -0.15) is 5.10 Å². The number of H-pyrrole nitrogens is 1. The van der Waals surface area contributed by atoms with Gasteiger partial charge >= 0.3 is 0 Å². The monoisotopic (exact) mass is 375 g/mol. The Morgan fingerprint density at radius 2 is 1.79 bits per heavy atom. The Bertz CT molecular complexity index is 940. The zero-order chi connectivity index (χ0) is 19.3. The van der Waals surface area contributed by atoms with E-state index in [1.165, 1.54) is 0 Å². The van der Waals surface area contributed by atoms with Crippen molar-refractivity contribution in [2.75, 3.05) is 43.4 Å². The molecule has 3 aromatic rings. The summed E-state index contributed by atoms with van der Waals surface area (Å²) in [5.41, 5.74) is 2.05. The maximum Gasteiger partial charge on any atom is 0.156 e. The first-order valence-electron chi connectivity index (χ1n) is 9.50. The summed E-state index contributed by atoms with van der Waals surface area (Å²) < 4.78 is 0. The van der Waals surface area contributed by atoms with E-state index in [2.05, 4.69) is 49.5 Å². The molecule has 4 rings (SSSR count). The second-order valence-corrected chi connectivity index (χ2v) is 7.05. The van der Waals surface area contributed by atoms with Crippen molar-refractivity contribution in [1.82, 2.24) is 25.1 Å². The first kappa shape index (κ1) is 18.2. The van der Waals surface area contributed by atoms with Gasteiger partial charge in [-0.25, -0.2) is 9.97 Å². The molecule has 1 aliphatic heterocycles. The van der Waals surface area contributed by atoms with Crippen molar-refractivity contribution in [1.29, 1.82) is 0 Å². The average Bonchev–Trinajstić information content (AvgIpc) is 3.12. The fraction of sp³-hybridized carbons (Fsp3) is 0.286. The van der Waals surface area contributed by atoms with Gasteiger partial charge in [-0.1, -0.05) is 36.4 Å². The zero-order valence-electron chi connectivity index (χ0n) is 16.3. The van der Waals surface area contributed by atoms with Crippen LogP contribution in [0.5, 0.6) is 0 Å². The van der Waals surface area contributed by atoms with Crippen LogP contribution in [0.2, 0.25) is 0 Å². The van der Waals surface area contributed by atoms with Crippen LogP contribution in [0, 0.1) is 6.92 Å². The van der Waals surface area contributed by atoms with Crippen LogP contribution >= 0.6 is 0 Å². The van der Waals surface area contributed by atoms with Gasteiger partial charge in [-0.3, -0.25) is 5.10 Å². The smallest absolute Gasteiger partial charge is 0.156 e. The number of hydrogen-bond donors (Lipinski definition) is 2. The molecule has 1 fully saturated rings. The number of nitrogens with one attached hydrogen (secondary N) is 2. The SMILES string of the molecule is Cc1cc(Nc2cc(N3CCN(C)CC3)nc(/C=C\c3ccccc3)n2)[nH]n1. The number of piperazine rings is 1. The van der Waals surface area contributed by atoms with E-state index in [1.54, 1.807) is 0 Å². The van der Waals surface area contributed by atoms with Crippen LogP contribution in [0.25, 0.3) is 12.2 Å². The number of hydrogen-bond acceptors (Lipinski definition) is 6. The number of aromatic nitrogens is 4. The average molecular weight is 375 g/mol. The van der Waals surface area contributed by atoms with E-state index in [-0.39, 0.29) is 0 Å². The van der Waals surface area contributed by atoms with Crippen molar-refractivity contribution < 1.29 is 0 Å². The molecule has 0 spiro atoms. The molecule has 2 N–H and O–H groups in total. The number of benzene rings is 1. The van der Waals surface area contributed by atoms with Gasteiger partial charge in [0.15, 0.2) is 5.82 Å². The van der Waals surface area contributed by atoms with Gasteiger partial charge in [-0.05, 0) is 25.6 Å². The molecule has 2 aromatic heterocycles.